The molecule has 1 N–H and O–H groups in total. The maximum Gasteiger partial charge on any atom is 0.243 e. The van der Waals surface area contributed by atoms with Crippen LogP contribution in [0.25, 0.3) is 0 Å². The fourth-order valence-electron chi connectivity index (χ4n) is 4.42. The molecule has 7 nitrogen and oxygen atoms in total. The van der Waals surface area contributed by atoms with Crippen molar-refractivity contribution in [1.29, 1.82) is 0 Å². The van der Waals surface area contributed by atoms with E-state index in [9.17, 15) is 26.8 Å². The van der Waals surface area contributed by atoms with E-state index in [0.717, 1.165) is 16.1 Å². The lowest BCUT2D eigenvalue weighted by Crippen LogP contribution is -2.52. The van der Waals surface area contributed by atoms with Crippen LogP contribution in [0.4, 0.5) is 14.5 Å². The topological polar surface area (TPSA) is 86.8 Å². The molecule has 0 aliphatic rings. The summed E-state index contributed by atoms with van der Waals surface area (Å²) in [5, 5.41) is 2.98. The van der Waals surface area contributed by atoms with E-state index in [0.29, 0.717) is 12.0 Å². The van der Waals surface area contributed by atoms with Crippen molar-refractivity contribution in [3.05, 3.63) is 102 Å². The van der Waals surface area contributed by atoms with Crippen LogP contribution in [0.2, 0.25) is 0 Å². The van der Waals surface area contributed by atoms with Gasteiger partial charge in [-0.05, 0) is 55.2 Å². The zero-order valence-electron chi connectivity index (χ0n) is 23.6. The number of carbonyl (C=O) groups is 2. The minimum Gasteiger partial charge on any atom is -0.352 e. The molecular formula is C31H37F2N3O4S. The van der Waals surface area contributed by atoms with Crippen molar-refractivity contribution in [2.45, 2.75) is 58.2 Å². The van der Waals surface area contributed by atoms with E-state index in [4.69, 9.17) is 0 Å². The monoisotopic (exact) mass is 585 g/mol. The highest BCUT2D eigenvalue weighted by atomic mass is 32.2. The van der Waals surface area contributed by atoms with Crippen LogP contribution in [-0.4, -0.2) is 50.0 Å². The number of nitrogens with one attached hydrogen (secondary N) is 1. The molecule has 2 atom stereocenters. The number of sulfonamides is 1. The lowest BCUT2D eigenvalue weighted by Gasteiger charge is -2.32. The second-order valence-corrected chi connectivity index (χ2v) is 12.0. The number of anilines is 1. The van der Waals surface area contributed by atoms with Crippen molar-refractivity contribution in [3.8, 4) is 0 Å². The van der Waals surface area contributed by atoms with E-state index in [1.54, 1.807) is 12.1 Å². The number of benzene rings is 3. The van der Waals surface area contributed by atoms with E-state index < -0.39 is 27.7 Å². The number of hydrogen-bond donors (Lipinski definition) is 1. The highest BCUT2D eigenvalue weighted by molar-refractivity contribution is 7.92. The standard InChI is InChI=1S/C31H37F2N3O4S/c1-4-23(2)34-31(38)29(21-24-11-6-5-7-12-24)35(22-25-16-18-26(32)19-17-25)30(37)15-10-20-36(41(3,39)40)28-14-9-8-13-27(28)33/h5-9,11-14,16-19,23,29H,4,10,15,20-22H2,1-3H3,(H,34,38)/t23-,29+/m0/s1. The predicted octanol–water partition coefficient (Wildman–Crippen LogP) is 5.07. The molecule has 41 heavy (non-hydrogen) atoms. The van der Waals surface area contributed by atoms with Gasteiger partial charge in [0.25, 0.3) is 0 Å². The minimum absolute atomic E-state index is 0.0492. The number of amides is 2. The molecule has 2 amide bonds. The number of nitrogens with zero attached hydrogens (tertiary/aromatic N) is 2. The first-order chi connectivity index (χ1) is 19.5. The first kappa shape index (κ1) is 31.7. The van der Waals surface area contributed by atoms with Crippen molar-refractivity contribution >= 4 is 27.5 Å². The number of halogens is 2. The number of rotatable bonds is 14. The van der Waals surface area contributed by atoms with Crippen LogP contribution in [0.5, 0.6) is 0 Å². The first-order valence-corrected chi connectivity index (χ1v) is 15.4. The number of carbonyl (C=O) groups excluding carboxylic acids is 2. The Balaban J connectivity index is 1.89. The smallest absolute Gasteiger partial charge is 0.243 e. The average Bonchev–Trinajstić information content (AvgIpc) is 2.94. The fraction of sp³-hybridized carbons (Fsp3) is 0.355. The van der Waals surface area contributed by atoms with Gasteiger partial charge in [-0.25, -0.2) is 17.2 Å². The van der Waals surface area contributed by atoms with Crippen LogP contribution < -0.4 is 9.62 Å². The second-order valence-electron chi connectivity index (χ2n) is 10.1. The molecule has 0 saturated heterocycles. The van der Waals surface area contributed by atoms with E-state index in [-0.39, 0.29) is 55.9 Å². The van der Waals surface area contributed by atoms with Gasteiger partial charge in [0, 0.05) is 32.0 Å². The summed E-state index contributed by atoms with van der Waals surface area (Å²) in [5.74, 6) is -1.80. The highest BCUT2D eigenvalue weighted by Crippen LogP contribution is 2.23. The Bertz CT molecular complexity index is 1400. The maximum absolute atomic E-state index is 14.4. The van der Waals surface area contributed by atoms with Gasteiger partial charge in [-0.2, -0.15) is 0 Å². The molecule has 0 aromatic heterocycles. The molecule has 0 saturated carbocycles. The van der Waals surface area contributed by atoms with Crippen molar-refractivity contribution in [1.82, 2.24) is 10.2 Å². The first-order valence-electron chi connectivity index (χ1n) is 13.6. The number of hydrogen-bond acceptors (Lipinski definition) is 4. The molecule has 0 aliphatic heterocycles. The summed E-state index contributed by atoms with van der Waals surface area (Å²) in [5.41, 5.74) is 1.40. The van der Waals surface area contributed by atoms with Crippen molar-refractivity contribution in [2.24, 2.45) is 0 Å². The molecule has 3 rings (SSSR count). The van der Waals surface area contributed by atoms with Gasteiger partial charge in [0.15, 0.2) is 0 Å². The van der Waals surface area contributed by atoms with Gasteiger partial charge in [0.2, 0.25) is 21.8 Å². The Morgan fingerprint density at radius 1 is 0.902 bits per heavy atom. The third kappa shape index (κ3) is 9.38. The minimum atomic E-state index is -3.83. The Hall–Kier alpha value is -3.79. The average molecular weight is 586 g/mol. The maximum atomic E-state index is 14.4. The van der Waals surface area contributed by atoms with Crippen LogP contribution in [-0.2, 0) is 32.6 Å². The van der Waals surface area contributed by atoms with Gasteiger partial charge in [-0.1, -0.05) is 61.5 Å². The van der Waals surface area contributed by atoms with Crippen LogP contribution in [0, 0.1) is 11.6 Å². The molecule has 10 heteroatoms. The molecule has 0 heterocycles. The molecule has 0 bridgehead atoms. The van der Waals surface area contributed by atoms with Crippen molar-refractivity contribution in [3.63, 3.8) is 0 Å². The molecule has 0 aliphatic carbocycles. The Morgan fingerprint density at radius 2 is 1.54 bits per heavy atom. The third-order valence-electron chi connectivity index (χ3n) is 6.81. The Morgan fingerprint density at radius 3 is 2.15 bits per heavy atom. The summed E-state index contributed by atoms with van der Waals surface area (Å²) in [4.78, 5) is 28.8. The lowest BCUT2D eigenvalue weighted by atomic mass is 10.0. The molecule has 0 radical (unpaired) electrons. The van der Waals surface area contributed by atoms with E-state index in [1.807, 2.05) is 44.2 Å². The molecule has 220 valence electrons. The lowest BCUT2D eigenvalue weighted by molar-refractivity contribution is -0.141. The normalized spacial score (nSPS) is 12.8. The summed E-state index contributed by atoms with van der Waals surface area (Å²) < 4.78 is 53.9. The molecule has 3 aromatic carbocycles. The van der Waals surface area contributed by atoms with Crippen LogP contribution in [0.1, 0.15) is 44.2 Å². The molecule has 0 spiro atoms. The summed E-state index contributed by atoms with van der Waals surface area (Å²) in [7, 11) is -3.83. The van der Waals surface area contributed by atoms with Gasteiger partial charge in [0.05, 0.1) is 11.9 Å². The number of para-hydroxylation sites is 1. The van der Waals surface area contributed by atoms with E-state index in [2.05, 4.69) is 5.32 Å². The summed E-state index contributed by atoms with van der Waals surface area (Å²) in [6.45, 7) is 3.75. The molecule has 0 unspecified atom stereocenters. The van der Waals surface area contributed by atoms with Gasteiger partial charge < -0.3 is 10.2 Å². The van der Waals surface area contributed by atoms with E-state index >= 15 is 0 Å². The van der Waals surface area contributed by atoms with Crippen LogP contribution >= 0.6 is 0 Å². The molecule has 0 fully saturated rings. The Labute approximate surface area is 241 Å². The van der Waals surface area contributed by atoms with Crippen molar-refractivity contribution in [2.75, 3.05) is 17.1 Å². The van der Waals surface area contributed by atoms with E-state index in [1.165, 1.54) is 41.3 Å². The van der Waals surface area contributed by atoms with Gasteiger partial charge in [0.1, 0.15) is 17.7 Å². The fourth-order valence-corrected chi connectivity index (χ4v) is 5.38. The Kier molecular flexibility index (Phi) is 11.4. The SMILES string of the molecule is CC[C@H](C)NC(=O)[C@@H](Cc1ccccc1)N(Cc1ccc(F)cc1)C(=O)CCCN(c1ccccc1F)S(C)(=O)=O. The molecular weight excluding hydrogens is 548 g/mol. The largest absolute Gasteiger partial charge is 0.352 e. The quantitative estimate of drug-likeness (QED) is 0.286. The van der Waals surface area contributed by atoms with Crippen LogP contribution in [0.15, 0.2) is 78.9 Å². The zero-order chi connectivity index (χ0) is 30.0. The van der Waals surface area contributed by atoms with Gasteiger partial charge in [-0.15, -0.1) is 0 Å². The molecule has 3 aromatic rings. The van der Waals surface area contributed by atoms with Crippen molar-refractivity contribution < 1.29 is 26.8 Å². The summed E-state index contributed by atoms with van der Waals surface area (Å²) in [6, 6.07) is 19.6. The zero-order valence-corrected chi connectivity index (χ0v) is 24.4. The predicted molar refractivity (Wildman–Crippen MR) is 157 cm³/mol. The highest BCUT2D eigenvalue weighted by Gasteiger charge is 2.31. The third-order valence-corrected chi connectivity index (χ3v) is 7.99. The van der Waals surface area contributed by atoms with Crippen LogP contribution in [0.3, 0.4) is 0 Å². The van der Waals surface area contributed by atoms with Gasteiger partial charge in [-0.3, -0.25) is 13.9 Å². The summed E-state index contributed by atoms with van der Waals surface area (Å²) in [6.07, 6.45) is 1.93. The van der Waals surface area contributed by atoms with Gasteiger partial charge >= 0.3 is 0 Å². The second kappa shape index (κ2) is 14.7. The summed E-state index contributed by atoms with van der Waals surface area (Å²) >= 11 is 0.